The molecule has 3 N–H and O–H groups in total. The van der Waals surface area contributed by atoms with Crippen molar-refractivity contribution in [1.82, 2.24) is 4.90 Å². The molecule has 0 aromatic heterocycles. The number of carboxylic acid groups (broad SMARTS) is 1. The minimum atomic E-state index is -1.47. The maximum atomic E-state index is 12.9. The number of likely N-dealkylation sites (tertiary alicyclic amines) is 1. The first-order chi connectivity index (χ1) is 10.4. The number of carboxylic acids is 1. The van der Waals surface area contributed by atoms with Gasteiger partial charge in [-0.2, -0.15) is 0 Å². The molecular formula is C15H18BFN2O3. The Hall–Kier alpha value is -1.89. The molecule has 0 spiro atoms. The SMILES string of the molecule is [B]CCC[C@H]1CN(C(=O)c2ccc(F)cc2)C[C@@]1(N)C(=O)O. The van der Waals surface area contributed by atoms with E-state index in [4.69, 9.17) is 13.6 Å². The van der Waals surface area contributed by atoms with E-state index in [1.807, 2.05) is 0 Å². The molecule has 1 saturated heterocycles. The van der Waals surface area contributed by atoms with Crippen molar-refractivity contribution >= 4 is 19.7 Å². The van der Waals surface area contributed by atoms with Crippen molar-refractivity contribution in [2.24, 2.45) is 11.7 Å². The maximum absolute atomic E-state index is 12.9. The normalized spacial score (nSPS) is 24.5. The minimum Gasteiger partial charge on any atom is -0.480 e. The number of hydrogen-bond acceptors (Lipinski definition) is 3. The van der Waals surface area contributed by atoms with Gasteiger partial charge in [0.1, 0.15) is 11.4 Å². The van der Waals surface area contributed by atoms with Crippen molar-refractivity contribution in [1.29, 1.82) is 0 Å². The summed E-state index contributed by atoms with van der Waals surface area (Å²) in [6, 6.07) is 5.15. The molecule has 2 atom stereocenters. The molecule has 1 aliphatic heterocycles. The topological polar surface area (TPSA) is 83.6 Å². The molecule has 1 aliphatic rings. The lowest BCUT2D eigenvalue weighted by Crippen LogP contribution is -2.55. The first-order valence-corrected chi connectivity index (χ1v) is 7.15. The Balaban J connectivity index is 2.17. The van der Waals surface area contributed by atoms with E-state index in [1.165, 1.54) is 29.2 Å². The smallest absolute Gasteiger partial charge is 0.325 e. The highest BCUT2D eigenvalue weighted by Crippen LogP contribution is 2.31. The summed E-state index contributed by atoms with van der Waals surface area (Å²) in [4.78, 5) is 25.3. The number of amides is 1. The van der Waals surface area contributed by atoms with Gasteiger partial charge in [-0.3, -0.25) is 9.59 Å². The Morgan fingerprint density at radius 2 is 2.05 bits per heavy atom. The van der Waals surface area contributed by atoms with Gasteiger partial charge in [0, 0.05) is 18.0 Å². The van der Waals surface area contributed by atoms with E-state index >= 15 is 0 Å². The van der Waals surface area contributed by atoms with Gasteiger partial charge in [-0.1, -0.05) is 12.7 Å². The zero-order chi connectivity index (χ0) is 16.3. The molecular weight excluding hydrogens is 286 g/mol. The van der Waals surface area contributed by atoms with Crippen LogP contribution >= 0.6 is 0 Å². The van der Waals surface area contributed by atoms with Crippen LogP contribution in [0.5, 0.6) is 0 Å². The molecule has 0 unspecified atom stereocenters. The van der Waals surface area contributed by atoms with Crippen molar-refractivity contribution in [3.05, 3.63) is 35.6 Å². The van der Waals surface area contributed by atoms with Crippen LogP contribution in [0.1, 0.15) is 23.2 Å². The Morgan fingerprint density at radius 1 is 1.41 bits per heavy atom. The van der Waals surface area contributed by atoms with E-state index in [2.05, 4.69) is 0 Å². The number of rotatable bonds is 5. The number of nitrogens with two attached hydrogens (primary N) is 1. The fourth-order valence-electron chi connectivity index (χ4n) is 2.82. The molecule has 2 rings (SSSR count). The quantitative estimate of drug-likeness (QED) is 0.796. The predicted molar refractivity (Wildman–Crippen MR) is 80.1 cm³/mol. The largest absolute Gasteiger partial charge is 0.480 e. The average Bonchev–Trinajstić information content (AvgIpc) is 2.84. The van der Waals surface area contributed by atoms with Crippen LogP contribution in [-0.2, 0) is 4.79 Å². The molecule has 7 heteroatoms. The summed E-state index contributed by atoms with van der Waals surface area (Å²) >= 11 is 0. The molecule has 0 bridgehead atoms. The second-order valence-corrected chi connectivity index (χ2v) is 5.67. The lowest BCUT2D eigenvalue weighted by molar-refractivity contribution is -0.144. The molecule has 2 radical (unpaired) electrons. The molecule has 1 aromatic rings. The predicted octanol–water partition coefficient (Wildman–Crippen LogP) is 1.05. The molecule has 1 heterocycles. The van der Waals surface area contributed by atoms with Gasteiger partial charge in [0.2, 0.25) is 0 Å². The van der Waals surface area contributed by atoms with Gasteiger partial charge in [0.05, 0.1) is 14.4 Å². The Kier molecular flexibility index (Phi) is 4.85. The summed E-state index contributed by atoms with van der Waals surface area (Å²) in [5.41, 5.74) is 4.87. The third-order valence-corrected chi connectivity index (χ3v) is 4.16. The molecule has 5 nitrogen and oxygen atoms in total. The fraction of sp³-hybridized carbons (Fsp3) is 0.467. The number of carbonyl (C=O) groups is 2. The van der Waals surface area contributed by atoms with Crippen molar-refractivity contribution < 1.29 is 19.1 Å². The number of carbonyl (C=O) groups excluding carboxylic acids is 1. The van der Waals surface area contributed by atoms with E-state index < -0.39 is 17.3 Å². The van der Waals surface area contributed by atoms with Gasteiger partial charge < -0.3 is 15.7 Å². The Bertz CT molecular complexity index is 566. The summed E-state index contributed by atoms with van der Waals surface area (Å²) in [5, 5.41) is 9.40. The van der Waals surface area contributed by atoms with E-state index in [1.54, 1.807) is 0 Å². The summed E-state index contributed by atoms with van der Waals surface area (Å²) < 4.78 is 12.9. The Labute approximate surface area is 129 Å². The molecule has 1 fully saturated rings. The van der Waals surface area contributed by atoms with Gasteiger partial charge in [-0.15, -0.1) is 0 Å². The average molecular weight is 304 g/mol. The molecule has 0 aliphatic carbocycles. The van der Waals surface area contributed by atoms with Crippen LogP contribution in [0.25, 0.3) is 0 Å². The molecule has 116 valence electrons. The lowest BCUT2D eigenvalue weighted by Gasteiger charge is -2.25. The van der Waals surface area contributed by atoms with Gasteiger partial charge >= 0.3 is 5.97 Å². The van der Waals surface area contributed by atoms with Crippen molar-refractivity contribution in [2.75, 3.05) is 13.1 Å². The zero-order valence-corrected chi connectivity index (χ0v) is 12.2. The number of benzene rings is 1. The third kappa shape index (κ3) is 3.14. The van der Waals surface area contributed by atoms with Crippen LogP contribution in [0.4, 0.5) is 4.39 Å². The van der Waals surface area contributed by atoms with Crippen LogP contribution < -0.4 is 5.73 Å². The van der Waals surface area contributed by atoms with Crippen LogP contribution in [0.2, 0.25) is 6.32 Å². The number of halogens is 1. The summed E-state index contributed by atoms with van der Waals surface area (Å²) in [7, 11) is 5.47. The first kappa shape index (κ1) is 16.5. The van der Waals surface area contributed by atoms with Gasteiger partial charge in [-0.25, -0.2) is 4.39 Å². The highest BCUT2D eigenvalue weighted by atomic mass is 19.1. The van der Waals surface area contributed by atoms with Crippen molar-refractivity contribution in [2.45, 2.75) is 24.7 Å². The highest BCUT2D eigenvalue weighted by Gasteiger charge is 2.50. The molecule has 1 amide bonds. The number of hydrogen-bond donors (Lipinski definition) is 2. The zero-order valence-electron chi connectivity index (χ0n) is 12.2. The Morgan fingerprint density at radius 3 is 2.59 bits per heavy atom. The van der Waals surface area contributed by atoms with Crippen molar-refractivity contribution in [3.63, 3.8) is 0 Å². The van der Waals surface area contributed by atoms with Crippen LogP contribution in [0.3, 0.4) is 0 Å². The van der Waals surface area contributed by atoms with Gasteiger partial charge in [0.25, 0.3) is 5.91 Å². The second-order valence-electron chi connectivity index (χ2n) is 5.67. The van der Waals surface area contributed by atoms with Crippen molar-refractivity contribution in [3.8, 4) is 0 Å². The van der Waals surface area contributed by atoms with Gasteiger partial charge in [-0.05, 0) is 30.7 Å². The lowest BCUT2D eigenvalue weighted by atomic mass is 9.83. The van der Waals surface area contributed by atoms with E-state index in [0.717, 1.165) is 0 Å². The van der Waals surface area contributed by atoms with E-state index in [0.29, 0.717) is 24.7 Å². The van der Waals surface area contributed by atoms with E-state index in [9.17, 15) is 19.1 Å². The third-order valence-electron chi connectivity index (χ3n) is 4.16. The number of nitrogens with zero attached hydrogens (tertiary/aromatic N) is 1. The highest BCUT2D eigenvalue weighted by molar-refractivity contribution is 6.08. The molecule has 0 saturated carbocycles. The first-order valence-electron chi connectivity index (χ1n) is 7.15. The fourth-order valence-corrected chi connectivity index (χ4v) is 2.82. The van der Waals surface area contributed by atoms with Gasteiger partial charge in [0.15, 0.2) is 0 Å². The molecule has 22 heavy (non-hydrogen) atoms. The summed E-state index contributed by atoms with van der Waals surface area (Å²) in [5.74, 6) is -2.24. The number of aliphatic carboxylic acids is 1. The monoisotopic (exact) mass is 304 g/mol. The standard InChI is InChI=1S/C15H18BFN2O3/c16-7-1-2-11-8-19(9-15(11,18)14(21)22)13(20)10-3-5-12(17)6-4-10/h3-6,11H,1-2,7-9,18H2,(H,21,22)/t11-,15-/m0/s1. The summed E-state index contributed by atoms with van der Waals surface area (Å²) in [6.45, 7) is 0.201. The molecule has 1 aromatic carbocycles. The second kappa shape index (κ2) is 6.48. The van der Waals surface area contributed by atoms with E-state index in [-0.39, 0.29) is 24.9 Å². The van der Waals surface area contributed by atoms with Crippen LogP contribution in [0, 0.1) is 11.7 Å². The summed E-state index contributed by atoms with van der Waals surface area (Å²) in [6.07, 6.45) is 1.64. The maximum Gasteiger partial charge on any atom is 0.325 e. The van der Waals surface area contributed by atoms with Crippen LogP contribution in [0.15, 0.2) is 24.3 Å². The van der Waals surface area contributed by atoms with Crippen LogP contribution in [-0.4, -0.2) is 48.4 Å². The minimum absolute atomic E-state index is 0.0617.